The summed E-state index contributed by atoms with van der Waals surface area (Å²) < 4.78 is 5.48. The SMILES string of the molecule is CCCCCCC(CCCC)CCOCCC(N)=O. The van der Waals surface area contributed by atoms with Gasteiger partial charge >= 0.3 is 0 Å². The fourth-order valence-electron chi connectivity index (χ4n) is 2.31. The number of hydrogen-bond donors (Lipinski definition) is 1. The number of primary amides is 1. The van der Waals surface area contributed by atoms with E-state index in [9.17, 15) is 4.79 Å². The number of amides is 1. The summed E-state index contributed by atoms with van der Waals surface area (Å²) in [6, 6.07) is 0. The molecular weight excluding hydrogens is 238 g/mol. The van der Waals surface area contributed by atoms with E-state index >= 15 is 0 Å². The molecule has 0 saturated carbocycles. The molecule has 0 rings (SSSR count). The molecule has 19 heavy (non-hydrogen) atoms. The van der Waals surface area contributed by atoms with Gasteiger partial charge in [-0.05, 0) is 12.3 Å². The van der Waals surface area contributed by atoms with Gasteiger partial charge in [-0.3, -0.25) is 4.79 Å². The van der Waals surface area contributed by atoms with Crippen LogP contribution in [0.1, 0.15) is 78.1 Å². The minimum Gasteiger partial charge on any atom is -0.381 e. The largest absolute Gasteiger partial charge is 0.381 e. The molecule has 0 aromatic carbocycles. The standard InChI is InChI=1S/C16H33NO2/c1-3-5-7-8-10-15(9-6-4-2)11-13-19-14-12-16(17)18/h15H,3-14H2,1-2H3,(H2,17,18). The lowest BCUT2D eigenvalue weighted by Crippen LogP contribution is -2.14. The van der Waals surface area contributed by atoms with E-state index < -0.39 is 0 Å². The summed E-state index contributed by atoms with van der Waals surface area (Å²) in [5.74, 6) is 0.521. The second-order valence-electron chi connectivity index (χ2n) is 5.47. The molecule has 114 valence electrons. The zero-order valence-corrected chi connectivity index (χ0v) is 13.0. The number of rotatable bonds is 14. The molecule has 0 aliphatic rings. The average molecular weight is 271 g/mol. The fourth-order valence-corrected chi connectivity index (χ4v) is 2.31. The van der Waals surface area contributed by atoms with Crippen LogP contribution in [-0.2, 0) is 9.53 Å². The van der Waals surface area contributed by atoms with Crippen molar-refractivity contribution in [3.8, 4) is 0 Å². The van der Waals surface area contributed by atoms with Crippen molar-refractivity contribution in [2.24, 2.45) is 11.7 Å². The molecule has 1 atom stereocenters. The quantitative estimate of drug-likeness (QED) is 0.485. The summed E-state index contributed by atoms with van der Waals surface area (Å²) in [6.07, 6.45) is 12.1. The van der Waals surface area contributed by atoms with Gasteiger partial charge in [0.1, 0.15) is 0 Å². The van der Waals surface area contributed by atoms with Crippen molar-refractivity contribution in [3.63, 3.8) is 0 Å². The Hall–Kier alpha value is -0.570. The third kappa shape index (κ3) is 13.7. The topological polar surface area (TPSA) is 52.3 Å². The van der Waals surface area contributed by atoms with Crippen LogP contribution < -0.4 is 5.73 Å². The molecular formula is C16H33NO2. The summed E-state index contributed by atoms with van der Waals surface area (Å²) in [6.45, 7) is 5.75. The highest BCUT2D eigenvalue weighted by molar-refractivity contribution is 5.73. The summed E-state index contributed by atoms with van der Waals surface area (Å²) in [5, 5.41) is 0. The lowest BCUT2D eigenvalue weighted by atomic mass is 9.92. The first kappa shape index (κ1) is 18.4. The Labute approximate surface area is 119 Å². The molecule has 0 aromatic heterocycles. The van der Waals surface area contributed by atoms with Gasteiger partial charge in [-0.2, -0.15) is 0 Å². The zero-order chi connectivity index (χ0) is 14.3. The van der Waals surface area contributed by atoms with Gasteiger partial charge < -0.3 is 10.5 Å². The van der Waals surface area contributed by atoms with Crippen LogP contribution in [0.3, 0.4) is 0 Å². The van der Waals surface area contributed by atoms with Crippen LogP contribution in [0, 0.1) is 5.92 Å². The fraction of sp³-hybridized carbons (Fsp3) is 0.938. The Morgan fingerprint density at radius 2 is 1.63 bits per heavy atom. The molecule has 3 nitrogen and oxygen atoms in total. The summed E-state index contributed by atoms with van der Waals surface area (Å²) in [4.78, 5) is 10.6. The Bertz CT molecular complexity index is 207. The predicted molar refractivity (Wildman–Crippen MR) is 81.0 cm³/mol. The maximum Gasteiger partial charge on any atom is 0.219 e. The van der Waals surface area contributed by atoms with Crippen LogP contribution in [0.5, 0.6) is 0 Å². The Kier molecular flexibility index (Phi) is 13.4. The molecule has 0 spiro atoms. The number of hydrogen-bond acceptors (Lipinski definition) is 2. The third-order valence-electron chi connectivity index (χ3n) is 3.60. The van der Waals surface area contributed by atoms with Gasteiger partial charge in [-0.25, -0.2) is 0 Å². The second kappa shape index (κ2) is 13.9. The Balaban J connectivity index is 3.63. The van der Waals surface area contributed by atoms with E-state index in [0.717, 1.165) is 18.9 Å². The van der Waals surface area contributed by atoms with Gasteiger partial charge in [0.25, 0.3) is 0 Å². The van der Waals surface area contributed by atoms with Crippen molar-refractivity contribution in [2.45, 2.75) is 78.1 Å². The molecule has 0 bridgehead atoms. The zero-order valence-electron chi connectivity index (χ0n) is 13.0. The Morgan fingerprint density at radius 3 is 2.26 bits per heavy atom. The van der Waals surface area contributed by atoms with E-state index in [-0.39, 0.29) is 5.91 Å². The van der Waals surface area contributed by atoms with Crippen molar-refractivity contribution < 1.29 is 9.53 Å². The van der Waals surface area contributed by atoms with Crippen molar-refractivity contribution in [1.82, 2.24) is 0 Å². The van der Waals surface area contributed by atoms with Gasteiger partial charge in [0.2, 0.25) is 5.91 Å². The van der Waals surface area contributed by atoms with E-state index in [1.165, 1.54) is 51.4 Å². The van der Waals surface area contributed by atoms with Gasteiger partial charge in [0.05, 0.1) is 6.61 Å². The first-order chi connectivity index (χ1) is 9.20. The first-order valence-electron chi connectivity index (χ1n) is 8.06. The van der Waals surface area contributed by atoms with Crippen LogP contribution in [0.15, 0.2) is 0 Å². The van der Waals surface area contributed by atoms with Gasteiger partial charge in [-0.1, -0.05) is 65.2 Å². The van der Waals surface area contributed by atoms with Crippen molar-refractivity contribution >= 4 is 5.91 Å². The molecule has 3 heteroatoms. The van der Waals surface area contributed by atoms with Crippen LogP contribution in [-0.4, -0.2) is 19.1 Å². The molecule has 0 fully saturated rings. The monoisotopic (exact) mass is 271 g/mol. The number of nitrogens with two attached hydrogens (primary N) is 1. The van der Waals surface area contributed by atoms with Gasteiger partial charge in [0.15, 0.2) is 0 Å². The van der Waals surface area contributed by atoms with Crippen LogP contribution in [0.25, 0.3) is 0 Å². The number of unbranched alkanes of at least 4 members (excludes halogenated alkanes) is 4. The highest BCUT2D eigenvalue weighted by Gasteiger charge is 2.08. The number of carbonyl (C=O) groups excluding carboxylic acids is 1. The lowest BCUT2D eigenvalue weighted by Gasteiger charge is -2.16. The molecule has 0 aliphatic carbocycles. The molecule has 0 heterocycles. The van der Waals surface area contributed by atoms with E-state index in [4.69, 9.17) is 10.5 Å². The van der Waals surface area contributed by atoms with Gasteiger partial charge in [0, 0.05) is 13.0 Å². The van der Waals surface area contributed by atoms with Crippen molar-refractivity contribution in [2.75, 3.05) is 13.2 Å². The molecule has 0 aliphatic heterocycles. The summed E-state index contributed by atoms with van der Waals surface area (Å²) >= 11 is 0. The Morgan fingerprint density at radius 1 is 0.947 bits per heavy atom. The van der Waals surface area contributed by atoms with E-state index in [0.29, 0.717) is 13.0 Å². The lowest BCUT2D eigenvalue weighted by molar-refractivity contribution is -0.119. The maximum atomic E-state index is 10.6. The minimum atomic E-state index is -0.276. The number of ether oxygens (including phenoxy) is 1. The molecule has 0 aromatic rings. The summed E-state index contributed by atoms with van der Waals surface area (Å²) in [7, 11) is 0. The normalized spacial score (nSPS) is 12.5. The van der Waals surface area contributed by atoms with E-state index in [1.54, 1.807) is 0 Å². The number of carbonyl (C=O) groups is 1. The molecule has 1 amide bonds. The van der Waals surface area contributed by atoms with E-state index in [1.807, 2.05) is 0 Å². The third-order valence-corrected chi connectivity index (χ3v) is 3.60. The van der Waals surface area contributed by atoms with Crippen LogP contribution >= 0.6 is 0 Å². The maximum absolute atomic E-state index is 10.6. The van der Waals surface area contributed by atoms with Crippen molar-refractivity contribution in [1.29, 1.82) is 0 Å². The smallest absolute Gasteiger partial charge is 0.219 e. The average Bonchev–Trinajstić information content (AvgIpc) is 2.39. The first-order valence-corrected chi connectivity index (χ1v) is 8.06. The minimum absolute atomic E-state index is 0.276. The van der Waals surface area contributed by atoms with Crippen LogP contribution in [0.4, 0.5) is 0 Å². The molecule has 2 N–H and O–H groups in total. The predicted octanol–water partition coefficient (Wildman–Crippen LogP) is 4.05. The van der Waals surface area contributed by atoms with Gasteiger partial charge in [-0.15, -0.1) is 0 Å². The molecule has 0 radical (unpaired) electrons. The second-order valence-corrected chi connectivity index (χ2v) is 5.47. The summed E-state index contributed by atoms with van der Waals surface area (Å²) in [5.41, 5.74) is 5.08. The van der Waals surface area contributed by atoms with Crippen molar-refractivity contribution in [3.05, 3.63) is 0 Å². The molecule has 1 unspecified atom stereocenters. The van der Waals surface area contributed by atoms with Crippen LogP contribution in [0.2, 0.25) is 0 Å². The van der Waals surface area contributed by atoms with E-state index in [2.05, 4.69) is 13.8 Å². The highest BCUT2D eigenvalue weighted by atomic mass is 16.5. The molecule has 0 saturated heterocycles. The highest BCUT2D eigenvalue weighted by Crippen LogP contribution is 2.20.